The molecule has 0 aromatic heterocycles. The summed E-state index contributed by atoms with van der Waals surface area (Å²) in [5, 5.41) is 9.10. The Balaban J connectivity index is 2.42. The van der Waals surface area contributed by atoms with Crippen LogP contribution in [0, 0.1) is 12.7 Å². The van der Waals surface area contributed by atoms with Crippen molar-refractivity contribution >= 4 is 17.7 Å². The van der Waals surface area contributed by atoms with Crippen LogP contribution in [0.15, 0.2) is 52.3 Å². The molecule has 4 heteroatoms. The van der Waals surface area contributed by atoms with Crippen LogP contribution < -0.4 is 0 Å². The van der Waals surface area contributed by atoms with E-state index in [1.807, 2.05) is 6.92 Å². The van der Waals surface area contributed by atoms with Gasteiger partial charge < -0.3 is 5.11 Å². The van der Waals surface area contributed by atoms with E-state index < -0.39 is 5.97 Å². The van der Waals surface area contributed by atoms with E-state index in [1.165, 1.54) is 6.07 Å². The maximum atomic E-state index is 13.5. The van der Waals surface area contributed by atoms with E-state index in [1.54, 1.807) is 36.4 Å². The second kappa shape index (κ2) is 5.23. The van der Waals surface area contributed by atoms with Gasteiger partial charge >= 0.3 is 5.97 Å². The number of aromatic carboxylic acids is 1. The molecule has 2 aromatic carbocycles. The summed E-state index contributed by atoms with van der Waals surface area (Å²) in [5.41, 5.74) is 1.13. The van der Waals surface area contributed by atoms with Crippen molar-refractivity contribution in [1.29, 1.82) is 0 Å². The van der Waals surface area contributed by atoms with Gasteiger partial charge in [-0.3, -0.25) is 0 Å². The van der Waals surface area contributed by atoms with Crippen LogP contribution in [0.25, 0.3) is 0 Å². The lowest BCUT2D eigenvalue weighted by Gasteiger charge is -2.07. The fourth-order valence-corrected chi connectivity index (χ4v) is 2.60. The molecule has 2 nitrogen and oxygen atoms in total. The van der Waals surface area contributed by atoms with Crippen LogP contribution in [-0.2, 0) is 0 Å². The minimum Gasteiger partial charge on any atom is -0.478 e. The zero-order chi connectivity index (χ0) is 13.1. The Labute approximate surface area is 108 Å². The van der Waals surface area contributed by atoms with Gasteiger partial charge in [-0.05, 0) is 36.8 Å². The summed E-state index contributed by atoms with van der Waals surface area (Å²) in [6.07, 6.45) is 0. The Morgan fingerprint density at radius 3 is 2.56 bits per heavy atom. The first-order valence-corrected chi connectivity index (χ1v) is 6.16. The van der Waals surface area contributed by atoms with Crippen LogP contribution in [0.5, 0.6) is 0 Å². The molecule has 0 atom stereocenters. The quantitative estimate of drug-likeness (QED) is 0.909. The van der Waals surface area contributed by atoms with Gasteiger partial charge in [0, 0.05) is 9.79 Å². The average molecular weight is 262 g/mol. The van der Waals surface area contributed by atoms with Gasteiger partial charge in [0.25, 0.3) is 0 Å². The average Bonchev–Trinajstić information content (AvgIpc) is 2.32. The molecule has 2 aromatic rings. The zero-order valence-electron chi connectivity index (χ0n) is 9.68. The molecule has 1 N–H and O–H groups in total. The van der Waals surface area contributed by atoms with Gasteiger partial charge in [0.05, 0.1) is 5.56 Å². The number of halogens is 1. The summed E-state index contributed by atoms with van der Waals surface area (Å²) in [7, 11) is 0. The Bertz CT molecular complexity index is 596. The van der Waals surface area contributed by atoms with E-state index in [2.05, 4.69) is 0 Å². The summed E-state index contributed by atoms with van der Waals surface area (Å²) >= 11 is 1.13. The van der Waals surface area contributed by atoms with Gasteiger partial charge in [-0.2, -0.15) is 0 Å². The van der Waals surface area contributed by atoms with Crippen molar-refractivity contribution in [2.75, 3.05) is 0 Å². The van der Waals surface area contributed by atoms with E-state index >= 15 is 0 Å². The Morgan fingerprint density at radius 1 is 1.17 bits per heavy atom. The molecule has 0 radical (unpaired) electrons. The lowest BCUT2D eigenvalue weighted by molar-refractivity contribution is 0.0693. The van der Waals surface area contributed by atoms with E-state index in [0.29, 0.717) is 9.79 Å². The van der Waals surface area contributed by atoms with E-state index in [9.17, 15) is 9.18 Å². The molecule has 0 saturated heterocycles. The monoisotopic (exact) mass is 262 g/mol. The second-order valence-corrected chi connectivity index (χ2v) is 4.92. The standard InChI is InChI=1S/C14H11FO2S/c1-9-6-7-10(14(16)17)13(8-9)18-12-5-3-2-4-11(12)15/h2-8H,1H3,(H,16,17). The van der Waals surface area contributed by atoms with Crippen LogP contribution in [0.3, 0.4) is 0 Å². The SMILES string of the molecule is Cc1ccc(C(=O)O)c(Sc2ccccc2F)c1. The zero-order valence-corrected chi connectivity index (χ0v) is 10.5. The molecular formula is C14H11FO2S. The number of benzene rings is 2. The Kier molecular flexibility index (Phi) is 3.67. The number of carbonyl (C=O) groups is 1. The van der Waals surface area contributed by atoms with Crippen molar-refractivity contribution in [2.24, 2.45) is 0 Å². The largest absolute Gasteiger partial charge is 0.478 e. The number of carboxylic acid groups (broad SMARTS) is 1. The summed E-state index contributed by atoms with van der Waals surface area (Å²) in [5.74, 6) is -1.35. The topological polar surface area (TPSA) is 37.3 Å². The van der Waals surface area contributed by atoms with Crippen molar-refractivity contribution in [3.63, 3.8) is 0 Å². The predicted molar refractivity (Wildman–Crippen MR) is 68.7 cm³/mol. The lowest BCUT2D eigenvalue weighted by atomic mass is 10.1. The fraction of sp³-hybridized carbons (Fsp3) is 0.0714. The highest BCUT2D eigenvalue weighted by molar-refractivity contribution is 7.99. The summed E-state index contributed by atoms with van der Waals surface area (Å²) in [6, 6.07) is 11.3. The van der Waals surface area contributed by atoms with Gasteiger partial charge in [0.15, 0.2) is 0 Å². The molecule has 0 aliphatic rings. The van der Waals surface area contributed by atoms with E-state index in [4.69, 9.17) is 5.11 Å². The maximum Gasteiger partial charge on any atom is 0.336 e. The first-order valence-electron chi connectivity index (χ1n) is 5.34. The normalized spacial score (nSPS) is 10.3. The molecule has 0 fully saturated rings. The maximum absolute atomic E-state index is 13.5. The highest BCUT2D eigenvalue weighted by Crippen LogP contribution is 2.32. The number of hydrogen-bond donors (Lipinski definition) is 1. The number of rotatable bonds is 3. The number of hydrogen-bond acceptors (Lipinski definition) is 2. The van der Waals surface area contributed by atoms with Crippen LogP contribution in [0.1, 0.15) is 15.9 Å². The summed E-state index contributed by atoms with van der Waals surface area (Å²) in [4.78, 5) is 12.1. The number of aryl methyl sites for hydroxylation is 1. The van der Waals surface area contributed by atoms with Crippen LogP contribution in [-0.4, -0.2) is 11.1 Å². The molecule has 0 heterocycles. The minimum atomic E-state index is -1.01. The fourth-order valence-electron chi connectivity index (χ4n) is 1.54. The molecule has 0 bridgehead atoms. The Morgan fingerprint density at radius 2 is 1.89 bits per heavy atom. The van der Waals surface area contributed by atoms with Gasteiger partial charge in [-0.1, -0.05) is 30.0 Å². The first kappa shape index (κ1) is 12.6. The van der Waals surface area contributed by atoms with E-state index in [-0.39, 0.29) is 11.4 Å². The van der Waals surface area contributed by atoms with Crippen LogP contribution >= 0.6 is 11.8 Å². The smallest absolute Gasteiger partial charge is 0.336 e. The van der Waals surface area contributed by atoms with Crippen molar-refractivity contribution in [1.82, 2.24) is 0 Å². The van der Waals surface area contributed by atoms with Crippen molar-refractivity contribution in [2.45, 2.75) is 16.7 Å². The molecule has 0 aliphatic heterocycles. The molecule has 0 spiro atoms. The van der Waals surface area contributed by atoms with Gasteiger partial charge in [0.2, 0.25) is 0 Å². The van der Waals surface area contributed by atoms with Crippen LogP contribution in [0.4, 0.5) is 4.39 Å². The second-order valence-electron chi connectivity index (χ2n) is 3.84. The van der Waals surface area contributed by atoms with Crippen molar-refractivity contribution in [3.05, 3.63) is 59.4 Å². The molecule has 18 heavy (non-hydrogen) atoms. The molecule has 0 saturated carbocycles. The molecule has 0 unspecified atom stereocenters. The third-order valence-electron chi connectivity index (χ3n) is 2.42. The molecular weight excluding hydrogens is 251 g/mol. The first-order chi connectivity index (χ1) is 8.58. The molecule has 2 rings (SSSR count). The highest BCUT2D eigenvalue weighted by atomic mass is 32.2. The predicted octanol–water partition coefficient (Wildman–Crippen LogP) is 3.98. The van der Waals surface area contributed by atoms with Gasteiger partial charge in [-0.15, -0.1) is 0 Å². The minimum absolute atomic E-state index is 0.189. The van der Waals surface area contributed by atoms with E-state index in [0.717, 1.165) is 17.3 Å². The number of carboxylic acids is 1. The van der Waals surface area contributed by atoms with Gasteiger partial charge in [-0.25, -0.2) is 9.18 Å². The summed E-state index contributed by atoms with van der Waals surface area (Å²) in [6.45, 7) is 1.87. The highest BCUT2D eigenvalue weighted by Gasteiger charge is 2.12. The van der Waals surface area contributed by atoms with Crippen LogP contribution in [0.2, 0.25) is 0 Å². The molecule has 0 amide bonds. The Hall–Kier alpha value is -1.81. The third kappa shape index (κ3) is 2.71. The molecule has 92 valence electrons. The summed E-state index contributed by atoms with van der Waals surface area (Å²) < 4.78 is 13.5. The lowest BCUT2D eigenvalue weighted by Crippen LogP contribution is -1.99. The van der Waals surface area contributed by atoms with Crippen molar-refractivity contribution in [3.8, 4) is 0 Å². The molecule has 0 aliphatic carbocycles. The third-order valence-corrected chi connectivity index (χ3v) is 3.53. The van der Waals surface area contributed by atoms with Gasteiger partial charge in [0.1, 0.15) is 5.82 Å². The van der Waals surface area contributed by atoms with Crippen molar-refractivity contribution < 1.29 is 14.3 Å².